The number of nitrogens with zero attached hydrogens (tertiary/aromatic N) is 1. The number of hydrogen-bond donors (Lipinski definition) is 2. The van der Waals surface area contributed by atoms with Gasteiger partial charge < -0.3 is 20.1 Å². The second kappa shape index (κ2) is 6.01. The molecule has 0 radical (unpaired) electrons. The first kappa shape index (κ1) is 16.1. The van der Waals surface area contributed by atoms with E-state index < -0.39 is 12.1 Å². The van der Waals surface area contributed by atoms with Crippen molar-refractivity contribution >= 4 is 12.2 Å². The zero-order valence-corrected chi connectivity index (χ0v) is 12.5. The molecule has 110 valence electrons. The summed E-state index contributed by atoms with van der Waals surface area (Å²) in [6.45, 7) is 10.2. The van der Waals surface area contributed by atoms with Gasteiger partial charge in [-0.05, 0) is 5.41 Å². The van der Waals surface area contributed by atoms with Crippen molar-refractivity contribution in [2.75, 3.05) is 6.54 Å². The summed E-state index contributed by atoms with van der Waals surface area (Å²) in [4.78, 5) is 25.2. The Labute approximate surface area is 115 Å². The van der Waals surface area contributed by atoms with E-state index in [0.717, 1.165) is 6.29 Å². The van der Waals surface area contributed by atoms with Crippen LogP contribution in [0.2, 0.25) is 0 Å². The van der Waals surface area contributed by atoms with E-state index in [0.29, 0.717) is 6.42 Å². The molecular formula is C14H26N2O3. The lowest BCUT2D eigenvalue weighted by atomic mass is 9.85. The van der Waals surface area contributed by atoms with E-state index >= 15 is 0 Å². The Hall–Kier alpha value is -0.940. The van der Waals surface area contributed by atoms with Crippen LogP contribution in [-0.4, -0.2) is 53.0 Å². The van der Waals surface area contributed by atoms with Crippen LogP contribution in [0.15, 0.2) is 0 Å². The van der Waals surface area contributed by atoms with Gasteiger partial charge in [-0.1, -0.05) is 34.6 Å². The van der Waals surface area contributed by atoms with E-state index in [1.165, 1.54) is 4.90 Å². The van der Waals surface area contributed by atoms with E-state index in [4.69, 9.17) is 0 Å². The molecule has 0 unspecified atom stereocenters. The number of amides is 1. The largest absolute Gasteiger partial charge is 0.391 e. The lowest BCUT2D eigenvalue weighted by molar-refractivity contribution is -0.139. The van der Waals surface area contributed by atoms with Gasteiger partial charge in [0.05, 0.1) is 18.2 Å². The third-order valence-electron chi connectivity index (χ3n) is 3.37. The van der Waals surface area contributed by atoms with Crippen molar-refractivity contribution in [3.8, 4) is 0 Å². The summed E-state index contributed by atoms with van der Waals surface area (Å²) in [6.07, 6.45) is 0.496. The van der Waals surface area contributed by atoms with Crippen molar-refractivity contribution in [1.29, 1.82) is 0 Å². The summed E-state index contributed by atoms with van der Waals surface area (Å²) in [5.74, 6) is -0.102. The molecule has 0 aliphatic carbocycles. The van der Waals surface area contributed by atoms with Gasteiger partial charge in [-0.25, -0.2) is 0 Å². The molecule has 0 aromatic heterocycles. The second-order valence-corrected chi connectivity index (χ2v) is 6.70. The van der Waals surface area contributed by atoms with Gasteiger partial charge in [0.2, 0.25) is 5.91 Å². The maximum Gasteiger partial charge on any atom is 0.240 e. The van der Waals surface area contributed by atoms with Gasteiger partial charge >= 0.3 is 0 Å². The number of carbonyl (C=O) groups is 2. The minimum atomic E-state index is -0.598. The molecule has 1 rings (SSSR count). The summed E-state index contributed by atoms with van der Waals surface area (Å²) >= 11 is 0. The Morgan fingerprint density at radius 3 is 2.42 bits per heavy atom. The standard InChI is InChI=1S/C14H26N2O3/c1-9(2)15-12(14(3,4)5)13(19)16-7-11(18)6-10(16)8-17/h8-12,15,18H,6-7H2,1-5H3/t10-,11+,12+/m0/s1. The monoisotopic (exact) mass is 270 g/mol. The molecule has 0 spiro atoms. The topological polar surface area (TPSA) is 69.6 Å². The van der Waals surface area contributed by atoms with Crippen LogP contribution in [0.4, 0.5) is 0 Å². The lowest BCUT2D eigenvalue weighted by Crippen LogP contribution is -2.56. The zero-order chi connectivity index (χ0) is 14.8. The van der Waals surface area contributed by atoms with Crippen LogP contribution in [0.5, 0.6) is 0 Å². The molecule has 19 heavy (non-hydrogen) atoms. The first-order valence-corrected chi connectivity index (χ1v) is 6.86. The first-order chi connectivity index (χ1) is 8.66. The summed E-state index contributed by atoms with van der Waals surface area (Å²) in [6, 6.07) is -0.683. The molecule has 1 aliphatic heterocycles. The number of nitrogens with one attached hydrogen (secondary N) is 1. The van der Waals surface area contributed by atoms with Gasteiger partial charge in [0.1, 0.15) is 6.29 Å². The second-order valence-electron chi connectivity index (χ2n) is 6.70. The van der Waals surface area contributed by atoms with Crippen LogP contribution in [0.1, 0.15) is 41.0 Å². The molecule has 2 N–H and O–H groups in total. The predicted octanol–water partition coefficient (Wildman–Crippen LogP) is 0.560. The Kier molecular flexibility index (Phi) is 5.10. The first-order valence-electron chi connectivity index (χ1n) is 6.86. The van der Waals surface area contributed by atoms with Crippen LogP contribution >= 0.6 is 0 Å². The smallest absolute Gasteiger partial charge is 0.240 e. The van der Waals surface area contributed by atoms with E-state index in [-0.39, 0.29) is 30.0 Å². The molecular weight excluding hydrogens is 244 g/mol. The van der Waals surface area contributed by atoms with Gasteiger partial charge in [-0.3, -0.25) is 4.79 Å². The van der Waals surface area contributed by atoms with E-state index in [9.17, 15) is 14.7 Å². The number of aliphatic hydroxyl groups is 1. The zero-order valence-electron chi connectivity index (χ0n) is 12.5. The maximum atomic E-state index is 12.6. The van der Waals surface area contributed by atoms with Gasteiger partial charge in [0.15, 0.2) is 0 Å². The van der Waals surface area contributed by atoms with Crippen LogP contribution in [-0.2, 0) is 9.59 Å². The molecule has 0 bridgehead atoms. The minimum absolute atomic E-state index is 0.102. The summed E-state index contributed by atoms with van der Waals surface area (Å²) in [7, 11) is 0. The third-order valence-corrected chi connectivity index (χ3v) is 3.37. The fourth-order valence-corrected chi connectivity index (χ4v) is 2.42. The SMILES string of the molecule is CC(C)N[C@H](C(=O)N1C[C@H](O)C[C@H]1C=O)C(C)(C)C. The number of likely N-dealkylation sites (tertiary alicyclic amines) is 1. The number of aliphatic hydroxyl groups excluding tert-OH is 1. The predicted molar refractivity (Wildman–Crippen MR) is 73.7 cm³/mol. The van der Waals surface area contributed by atoms with Crippen molar-refractivity contribution < 1.29 is 14.7 Å². The van der Waals surface area contributed by atoms with Crippen LogP contribution in [0.3, 0.4) is 0 Å². The summed E-state index contributed by atoms with van der Waals surface area (Å²) < 4.78 is 0. The Morgan fingerprint density at radius 2 is 2.00 bits per heavy atom. The lowest BCUT2D eigenvalue weighted by Gasteiger charge is -2.36. The van der Waals surface area contributed by atoms with E-state index in [1.54, 1.807) is 0 Å². The van der Waals surface area contributed by atoms with Gasteiger partial charge in [-0.15, -0.1) is 0 Å². The number of β-amino-alcohol motifs (C(OH)–C–C–N with tert-alkyl or cyclic N) is 1. The van der Waals surface area contributed by atoms with Crippen molar-refractivity contribution in [1.82, 2.24) is 10.2 Å². The highest BCUT2D eigenvalue weighted by atomic mass is 16.3. The van der Waals surface area contributed by atoms with Crippen molar-refractivity contribution in [2.45, 2.75) is 65.3 Å². The quantitative estimate of drug-likeness (QED) is 0.732. The normalized spacial score (nSPS) is 25.7. The fourth-order valence-electron chi connectivity index (χ4n) is 2.42. The highest BCUT2D eigenvalue weighted by Crippen LogP contribution is 2.25. The molecule has 0 saturated carbocycles. The van der Waals surface area contributed by atoms with E-state index in [2.05, 4.69) is 5.32 Å². The minimum Gasteiger partial charge on any atom is -0.391 e. The highest BCUT2D eigenvalue weighted by Gasteiger charge is 2.41. The molecule has 5 heteroatoms. The van der Waals surface area contributed by atoms with Crippen LogP contribution in [0.25, 0.3) is 0 Å². The Morgan fingerprint density at radius 1 is 1.42 bits per heavy atom. The molecule has 5 nitrogen and oxygen atoms in total. The molecule has 1 fully saturated rings. The molecule has 1 aliphatic rings. The Balaban J connectivity index is 2.90. The number of carbonyl (C=O) groups excluding carboxylic acids is 2. The average molecular weight is 270 g/mol. The van der Waals surface area contributed by atoms with Gasteiger partial charge in [0.25, 0.3) is 0 Å². The van der Waals surface area contributed by atoms with Gasteiger partial charge in [0, 0.05) is 19.0 Å². The Bertz CT molecular complexity index is 336. The third kappa shape index (κ3) is 4.01. The molecule has 1 saturated heterocycles. The van der Waals surface area contributed by atoms with Gasteiger partial charge in [-0.2, -0.15) is 0 Å². The highest BCUT2D eigenvalue weighted by molar-refractivity contribution is 5.86. The van der Waals surface area contributed by atoms with Crippen LogP contribution < -0.4 is 5.32 Å². The van der Waals surface area contributed by atoms with Crippen molar-refractivity contribution in [3.63, 3.8) is 0 Å². The number of aldehydes is 1. The number of rotatable bonds is 4. The summed E-state index contributed by atoms with van der Waals surface area (Å²) in [5.41, 5.74) is -0.248. The molecule has 1 amide bonds. The maximum absolute atomic E-state index is 12.6. The molecule has 0 aromatic carbocycles. The number of hydrogen-bond acceptors (Lipinski definition) is 4. The average Bonchev–Trinajstić information content (AvgIpc) is 2.64. The van der Waals surface area contributed by atoms with Crippen LogP contribution in [0, 0.1) is 5.41 Å². The summed E-state index contributed by atoms with van der Waals surface area (Å²) in [5, 5.41) is 12.9. The molecule has 0 aromatic rings. The van der Waals surface area contributed by atoms with Crippen molar-refractivity contribution in [3.05, 3.63) is 0 Å². The molecule has 1 heterocycles. The molecule has 3 atom stereocenters. The van der Waals surface area contributed by atoms with Crippen molar-refractivity contribution in [2.24, 2.45) is 5.41 Å². The van der Waals surface area contributed by atoms with E-state index in [1.807, 2.05) is 34.6 Å². The fraction of sp³-hybridized carbons (Fsp3) is 0.857.